The quantitative estimate of drug-likeness (QED) is 0.578. The Labute approximate surface area is 170 Å². The van der Waals surface area contributed by atoms with Crippen molar-refractivity contribution in [3.63, 3.8) is 0 Å². The van der Waals surface area contributed by atoms with E-state index in [0.29, 0.717) is 26.1 Å². The van der Waals surface area contributed by atoms with Crippen molar-refractivity contribution in [1.29, 1.82) is 0 Å². The Morgan fingerprint density at radius 2 is 1.93 bits per heavy atom. The molecule has 6 heteroatoms. The molecule has 0 bridgehead atoms. The Morgan fingerprint density at radius 1 is 1.17 bits per heavy atom. The number of rotatable bonds is 5. The molecule has 0 saturated carbocycles. The Bertz CT molecular complexity index is 959. The summed E-state index contributed by atoms with van der Waals surface area (Å²) < 4.78 is 6.49. The van der Waals surface area contributed by atoms with Gasteiger partial charge in [0, 0.05) is 25.4 Å². The minimum atomic E-state index is -0.333. The van der Waals surface area contributed by atoms with E-state index in [1.165, 1.54) is 10.6 Å². The standard InChI is InChI=1S/C23H26N2O4/c1-3-29-23(28)19-7-6-13-24(16-19)22(27)20(25-14-5-4-8-21(25)26)15-18-11-9-17(2)10-12-18/h4-5,8-12,14-15,19H,3,6-7,13,16H2,1-2H3. The Hall–Kier alpha value is -3.15. The van der Waals surface area contributed by atoms with E-state index in [1.807, 2.05) is 31.2 Å². The summed E-state index contributed by atoms with van der Waals surface area (Å²) in [4.78, 5) is 39.6. The van der Waals surface area contributed by atoms with Crippen LogP contribution >= 0.6 is 0 Å². The molecule has 1 aliphatic rings. The summed E-state index contributed by atoms with van der Waals surface area (Å²) in [5.41, 5.74) is 1.93. The van der Waals surface area contributed by atoms with Crippen molar-refractivity contribution in [2.24, 2.45) is 5.92 Å². The topological polar surface area (TPSA) is 68.6 Å². The van der Waals surface area contributed by atoms with Crippen LogP contribution in [0.4, 0.5) is 0 Å². The highest BCUT2D eigenvalue weighted by atomic mass is 16.5. The third kappa shape index (κ3) is 5.02. The van der Waals surface area contributed by atoms with Crippen molar-refractivity contribution in [2.75, 3.05) is 19.7 Å². The van der Waals surface area contributed by atoms with Crippen molar-refractivity contribution < 1.29 is 14.3 Å². The molecule has 1 fully saturated rings. The summed E-state index contributed by atoms with van der Waals surface area (Å²) in [7, 11) is 0. The maximum absolute atomic E-state index is 13.4. The molecule has 2 aromatic rings. The van der Waals surface area contributed by atoms with Crippen LogP contribution in [0.3, 0.4) is 0 Å². The van der Waals surface area contributed by atoms with Gasteiger partial charge in [-0.1, -0.05) is 35.9 Å². The van der Waals surface area contributed by atoms with Gasteiger partial charge in [0.15, 0.2) is 0 Å². The molecule has 1 aromatic heterocycles. The zero-order valence-corrected chi connectivity index (χ0v) is 16.8. The number of hydrogen-bond acceptors (Lipinski definition) is 4. The van der Waals surface area contributed by atoms with Crippen molar-refractivity contribution >= 4 is 23.6 Å². The first-order valence-corrected chi connectivity index (χ1v) is 9.92. The second kappa shape index (κ2) is 9.37. The lowest BCUT2D eigenvalue weighted by molar-refractivity contribution is -0.150. The number of likely N-dealkylation sites (tertiary alicyclic amines) is 1. The van der Waals surface area contributed by atoms with E-state index in [2.05, 4.69) is 0 Å². The Balaban J connectivity index is 1.94. The Morgan fingerprint density at radius 3 is 2.62 bits per heavy atom. The molecule has 1 saturated heterocycles. The van der Waals surface area contributed by atoms with Gasteiger partial charge in [0.05, 0.1) is 12.5 Å². The lowest BCUT2D eigenvalue weighted by Gasteiger charge is -2.32. The molecule has 1 aromatic carbocycles. The fourth-order valence-corrected chi connectivity index (χ4v) is 3.46. The number of pyridine rings is 1. The lowest BCUT2D eigenvalue weighted by atomic mass is 9.97. The van der Waals surface area contributed by atoms with Gasteiger partial charge in [-0.25, -0.2) is 0 Å². The largest absolute Gasteiger partial charge is 0.466 e. The number of carbonyl (C=O) groups excluding carboxylic acids is 2. The number of esters is 1. The van der Waals surface area contributed by atoms with E-state index in [1.54, 1.807) is 36.2 Å². The molecule has 1 atom stereocenters. The van der Waals surface area contributed by atoms with E-state index < -0.39 is 0 Å². The van der Waals surface area contributed by atoms with Crippen LogP contribution in [0.2, 0.25) is 0 Å². The number of benzene rings is 1. The molecule has 0 aliphatic carbocycles. The van der Waals surface area contributed by atoms with Gasteiger partial charge in [0.1, 0.15) is 5.70 Å². The van der Waals surface area contributed by atoms with Gasteiger partial charge in [-0.2, -0.15) is 0 Å². The highest BCUT2D eigenvalue weighted by Gasteiger charge is 2.31. The van der Waals surface area contributed by atoms with E-state index >= 15 is 0 Å². The zero-order valence-electron chi connectivity index (χ0n) is 16.8. The summed E-state index contributed by atoms with van der Waals surface area (Å²) in [5, 5.41) is 0. The molecule has 1 aliphatic heterocycles. The number of nitrogens with zero attached hydrogens (tertiary/aromatic N) is 2. The van der Waals surface area contributed by atoms with E-state index in [4.69, 9.17) is 4.74 Å². The van der Waals surface area contributed by atoms with Crippen LogP contribution in [0.5, 0.6) is 0 Å². The third-order valence-electron chi connectivity index (χ3n) is 5.01. The van der Waals surface area contributed by atoms with Crippen molar-refractivity contribution in [1.82, 2.24) is 9.47 Å². The monoisotopic (exact) mass is 394 g/mol. The van der Waals surface area contributed by atoms with Gasteiger partial charge >= 0.3 is 5.97 Å². The molecule has 3 rings (SSSR count). The SMILES string of the molecule is CCOC(=O)C1CCCN(C(=O)C(=Cc2ccc(C)cc2)n2ccccc2=O)C1. The van der Waals surface area contributed by atoms with Crippen LogP contribution in [0.1, 0.15) is 30.9 Å². The van der Waals surface area contributed by atoms with Crippen molar-refractivity contribution in [2.45, 2.75) is 26.7 Å². The fourth-order valence-electron chi connectivity index (χ4n) is 3.46. The third-order valence-corrected chi connectivity index (χ3v) is 5.01. The predicted octanol–water partition coefficient (Wildman–Crippen LogP) is 2.96. The van der Waals surface area contributed by atoms with Crippen molar-refractivity contribution in [3.05, 3.63) is 70.1 Å². The number of ether oxygens (including phenoxy) is 1. The molecule has 152 valence electrons. The maximum atomic E-state index is 13.4. The van der Waals surface area contributed by atoms with Crippen LogP contribution in [0, 0.1) is 12.8 Å². The Kier molecular flexibility index (Phi) is 6.65. The number of piperidine rings is 1. The second-order valence-electron chi connectivity index (χ2n) is 7.19. The van der Waals surface area contributed by atoms with Crippen LogP contribution in [-0.2, 0) is 14.3 Å². The average Bonchev–Trinajstić information content (AvgIpc) is 2.74. The summed E-state index contributed by atoms with van der Waals surface area (Å²) in [5.74, 6) is -0.875. The second-order valence-corrected chi connectivity index (χ2v) is 7.19. The number of carbonyl (C=O) groups is 2. The van der Waals surface area contributed by atoms with E-state index in [-0.39, 0.29) is 29.1 Å². The molecule has 6 nitrogen and oxygen atoms in total. The number of hydrogen-bond donors (Lipinski definition) is 0. The predicted molar refractivity (Wildman–Crippen MR) is 112 cm³/mol. The van der Waals surface area contributed by atoms with Crippen molar-refractivity contribution in [3.8, 4) is 0 Å². The molecule has 1 unspecified atom stereocenters. The zero-order chi connectivity index (χ0) is 20.8. The normalized spacial score (nSPS) is 17.1. The first-order chi connectivity index (χ1) is 14.0. The number of aryl methyl sites for hydroxylation is 1. The van der Waals surface area contributed by atoms with Gasteiger partial charge < -0.3 is 9.64 Å². The lowest BCUT2D eigenvalue weighted by Crippen LogP contribution is -2.44. The van der Waals surface area contributed by atoms with Crippen LogP contribution in [-0.4, -0.2) is 41.0 Å². The smallest absolute Gasteiger partial charge is 0.310 e. The molecule has 1 amide bonds. The van der Waals surface area contributed by atoms with Gasteiger partial charge in [-0.3, -0.25) is 19.0 Å². The fraction of sp³-hybridized carbons (Fsp3) is 0.348. The minimum Gasteiger partial charge on any atom is -0.466 e. The first-order valence-electron chi connectivity index (χ1n) is 9.92. The van der Waals surface area contributed by atoms with Gasteiger partial charge in [-0.05, 0) is 44.4 Å². The van der Waals surface area contributed by atoms with Gasteiger partial charge in [-0.15, -0.1) is 0 Å². The summed E-state index contributed by atoms with van der Waals surface area (Å²) in [6.45, 7) is 4.92. The number of amides is 1. The van der Waals surface area contributed by atoms with Gasteiger partial charge in [0.25, 0.3) is 11.5 Å². The molecule has 2 heterocycles. The molecule has 29 heavy (non-hydrogen) atoms. The maximum Gasteiger partial charge on any atom is 0.310 e. The summed E-state index contributed by atoms with van der Waals surface area (Å²) in [6.07, 6.45) is 4.73. The van der Waals surface area contributed by atoms with E-state index in [9.17, 15) is 14.4 Å². The molecule has 0 spiro atoms. The molecular formula is C23H26N2O4. The summed E-state index contributed by atoms with van der Waals surface area (Å²) >= 11 is 0. The minimum absolute atomic E-state index is 0.268. The van der Waals surface area contributed by atoms with Crippen LogP contribution in [0.25, 0.3) is 11.8 Å². The number of aromatic nitrogens is 1. The summed E-state index contributed by atoms with van der Waals surface area (Å²) in [6, 6.07) is 12.5. The van der Waals surface area contributed by atoms with Gasteiger partial charge in [0.2, 0.25) is 0 Å². The highest BCUT2D eigenvalue weighted by Crippen LogP contribution is 2.22. The average molecular weight is 394 g/mol. The molecule has 0 radical (unpaired) electrons. The highest BCUT2D eigenvalue weighted by molar-refractivity contribution is 6.18. The van der Waals surface area contributed by atoms with Crippen LogP contribution in [0.15, 0.2) is 53.5 Å². The van der Waals surface area contributed by atoms with Crippen LogP contribution < -0.4 is 5.56 Å². The molecule has 0 N–H and O–H groups in total. The first kappa shape index (κ1) is 20.6. The van der Waals surface area contributed by atoms with E-state index in [0.717, 1.165) is 17.5 Å². The molecular weight excluding hydrogens is 368 g/mol.